The highest BCUT2D eigenvalue weighted by Gasteiger charge is 2.06. The van der Waals surface area contributed by atoms with Crippen molar-refractivity contribution >= 4 is 34.8 Å². The van der Waals surface area contributed by atoms with Gasteiger partial charge in [-0.1, -0.05) is 0 Å². The summed E-state index contributed by atoms with van der Waals surface area (Å²) in [6.07, 6.45) is 0.480. The molecule has 6 heteroatoms. The van der Waals surface area contributed by atoms with Gasteiger partial charge in [-0.2, -0.15) is 0 Å². The molecule has 2 N–H and O–H groups in total. The summed E-state index contributed by atoms with van der Waals surface area (Å²) in [6.45, 7) is 4.63. The minimum absolute atomic E-state index is 0. The van der Waals surface area contributed by atoms with Gasteiger partial charge in [-0.3, -0.25) is 4.79 Å². The maximum Gasteiger partial charge on any atom is 0.227 e. The molecule has 15 heavy (non-hydrogen) atoms. The fourth-order valence-corrected chi connectivity index (χ4v) is 1.78. The van der Waals surface area contributed by atoms with Crippen LogP contribution in [0.2, 0.25) is 0 Å². The second kappa shape index (κ2) is 6.76. The van der Waals surface area contributed by atoms with E-state index in [9.17, 15) is 4.79 Å². The van der Waals surface area contributed by atoms with Gasteiger partial charge in [0.2, 0.25) is 5.91 Å². The first-order valence-corrected chi connectivity index (χ1v) is 5.33. The van der Waals surface area contributed by atoms with E-state index in [1.165, 1.54) is 11.3 Å². The summed E-state index contributed by atoms with van der Waals surface area (Å²) in [5.41, 5.74) is 0.985. The summed E-state index contributed by atoms with van der Waals surface area (Å²) in [7, 11) is 1.82. The molecule has 0 aliphatic heterocycles. The molecule has 0 unspecified atom stereocenters. The zero-order valence-electron chi connectivity index (χ0n) is 9.09. The lowest BCUT2D eigenvalue weighted by molar-refractivity contribution is -0.116. The Morgan fingerprint density at radius 1 is 1.47 bits per heavy atom. The number of aryl methyl sites for hydroxylation is 2. The van der Waals surface area contributed by atoms with Crippen LogP contribution in [0.5, 0.6) is 0 Å². The second-order valence-corrected chi connectivity index (χ2v) is 4.27. The Kier molecular flexibility index (Phi) is 6.47. The molecule has 1 heterocycles. The summed E-state index contributed by atoms with van der Waals surface area (Å²) >= 11 is 1.51. The van der Waals surface area contributed by atoms with E-state index in [1.54, 1.807) is 0 Å². The molecular formula is C9H16ClN3OS. The summed E-state index contributed by atoms with van der Waals surface area (Å²) in [4.78, 5) is 16.7. The van der Waals surface area contributed by atoms with Crippen LogP contribution in [0.1, 0.15) is 17.0 Å². The number of nitrogens with one attached hydrogen (secondary N) is 2. The van der Waals surface area contributed by atoms with Crippen LogP contribution in [0.15, 0.2) is 0 Å². The Balaban J connectivity index is 0.00000196. The van der Waals surface area contributed by atoms with Crippen molar-refractivity contribution in [3.05, 3.63) is 10.6 Å². The summed E-state index contributed by atoms with van der Waals surface area (Å²) in [6, 6.07) is 0. The molecule has 0 spiro atoms. The van der Waals surface area contributed by atoms with Gasteiger partial charge in [-0.05, 0) is 20.9 Å². The van der Waals surface area contributed by atoms with Crippen LogP contribution in [-0.4, -0.2) is 24.5 Å². The van der Waals surface area contributed by atoms with Gasteiger partial charge in [0.15, 0.2) is 5.13 Å². The minimum Gasteiger partial charge on any atom is -0.319 e. The predicted octanol–water partition coefficient (Wildman–Crippen LogP) is 1.73. The van der Waals surface area contributed by atoms with Crippen molar-refractivity contribution in [3.63, 3.8) is 0 Å². The van der Waals surface area contributed by atoms with Crippen LogP contribution in [0, 0.1) is 13.8 Å². The number of rotatable bonds is 4. The number of hydrogen-bond donors (Lipinski definition) is 2. The van der Waals surface area contributed by atoms with E-state index in [-0.39, 0.29) is 18.3 Å². The highest BCUT2D eigenvalue weighted by atomic mass is 35.5. The topological polar surface area (TPSA) is 54.0 Å². The molecule has 1 amide bonds. The van der Waals surface area contributed by atoms with E-state index in [0.717, 1.165) is 10.6 Å². The molecule has 86 valence electrons. The third-order valence-corrected chi connectivity index (χ3v) is 2.87. The average Bonchev–Trinajstić information content (AvgIpc) is 2.42. The van der Waals surface area contributed by atoms with Gasteiger partial charge in [0.05, 0.1) is 5.69 Å². The van der Waals surface area contributed by atoms with Crippen LogP contribution in [0.4, 0.5) is 5.13 Å². The third kappa shape index (κ3) is 4.59. The number of nitrogens with zero attached hydrogens (tertiary/aromatic N) is 1. The van der Waals surface area contributed by atoms with E-state index < -0.39 is 0 Å². The molecule has 0 saturated heterocycles. The molecule has 0 atom stereocenters. The number of hydrogen-bond acceptors (Lipinski definition) is 4. The highest BCUT2D eigenvalue weighted by Crippen LogP contribution is 2.20. The van der Waals surface area contributed by atoms with Crippen molar-refractivity contribution in [2.24, 2.45) is 0 Å². The molecule has 4 nitrogen and oxygen atoms in total. The monoisotopic (exact) mass is 249 g/mol. The molecule has 0 aliphatic rings. The van der Waals surface area contributed by atoms with Gasteiger partial charge in [0, 0.05) is 17.8 Å². The quantitative estimate of drug-likeness (QED) is 0.855. The standard InChI is InChI=1S/C9H15N3OS.ClH/c1-6-7(2)14-9(11-6)12-8(13)4-5-10-3;/h10H,4-5H2,1-3H3,(H,11,12,13);1H. The molecule has 1 rings (SSSR count). The number of anilines is 1. The maximum atomic E-state index is 11.3. The van der Waals surface area contributed by atoms with E-state index in [1.807, 2.05) is 20.9 Å². The number of aromatic nitrogens is 1. The van der Waals surface area contributed by atoms with Gasteiger partial charge in [0.25, 0.3) is 0 Å². The van der Waals surface area contributed by atoms with Gasteiger partial charge >= 0.3 is 0 Å². The largest absolute Gasteiger partial charge is 0.319 e. The first-order valence-electron chi connectivity index (χ1n) is 4.52. The van der Waals surface area contributed by atoms with Gasteiger partial charge in [-0.25, -0.2) is 4.98 Å². The molecule has 1 aromatic rings. The molecule has 0 saturated carbocycles. The van der Waals surface area contributed by atoms with Crippen LogP contribution in [-0.2, 0) is 4.79 Å². The van der Waals surface area contributed by atoms with Crippen LogP contribution < -0.4 is 10.6 Å². The maximum absolute atomic E-state index is 11.3. The van der Waals surface area contributed by atoms with Gasteiger partial charge < -0.3 is 10.6 Å². The molecular weight excluding hydrogens is 234 g/mol. The van der Waals surface area contributed by atoms with Crippen molar-refractivity contribution in [1.82, 2.24) is 10.3 Å². The number of thiazole rings is 1. The van der Waals surface area contributed by atoms with E-state index in [4.69, 9.17) is 0 Å². The predicted molar refractivity (Wildman–Crippen MR) is 66.0 cm³/mol. The minimum atomic E-state index is 0. The van der Waals surface area contributed by atoms with Crippen molar-refractivity contribution in [3.8, 4) is 0 Å². The van der Waals surface area contributed by atoms with E-state index in [2.05, 4.69) is 15.6 Å². The summed E-state index contributed by atoms with van der Waals surface area (Å²) in [5, 5.41) is 6.39. The van der Waals surface area contributed by atoms with Crippen LogP contribution in [0.3, 0.4) is 0 Å². The fraction of sp³-hybridized carbons (Fsp3) is 0.556. The Labute approximate surface area is 99.9 Å². The lowest BCUT2D eigenvalue weighted by Crippen LogP contribution is -2.18. The molecule has 0 fully saturated rings. The molecule has 0 bridgehead atoms. The summed E-state index contributed by atoms with van der Waals surface area (Å²) < 4.78 is 0. The number of amides is 1. The lowest BCUT2D eigenvalue weighted by Gasteiger charge is -1.99. The Morgan fingerprint density at radius 3 is 2.60 bits per heavy atom. The molecule has 0 aliphatic carbocycles. The van der Waals surface area contributed by atoms with Crippen molar-refractivity contribution in [1.29, 1.82) is 0 Å². The van der Waals surface area contributed by atoms with E-state index in [0.29, 0.717) is 18.1 Å². The first-order chi connectivity index (χ1) is 6.63. The Hall–Kier alpha value is -0.650. The van der Waals surface area contributed by atoms with Crippen molar-refractivity contribution in [2.45, 2.75) is 20.3 Å². The SMILES string of the molecule is CNCCC(=O)Nc1nc(C)c(C)s1.Cl. The average molecular weight is 250 g/mol. The lowest BCUT2D eigenvalue weighted by atomic mass is 10.4. The third-order valence-electron chi connectivity index (χ3n) is 1.88. The van der Waals surface area contributed by atoms with Crippen molar-refractivity contribution < 1.29 is 4.79 Å². The van der Waals surface area contributed by atoms with E-state index >= 15 is 0 Å². The van der Waals surface area contributed by atoms with Crippen LogP contribution >= 0.6 is 23.7 Å². The highest BCUT2D eigenvalue weighted by molar-refractivity contribution is 7.15. The van der Waals surface area contributed by atoms with Crippen molar-refractivity contribution in [2.75, 3.05) is 18.9 Å². The van der Waals surface area contributed by atoms with Gasteiger partial charge in [-0.15, -0.1) is 23.7 Å². The Morgan fingerprint density at radius 2 is 2.13 bits per heavy atom. The second-order valence-electron chi connectivity index (χ2n) is 3.06. The number of carbonyl (C=O) groups excluding carboxylic acids is 1. The number of halogens is 1. The molecule has 0 aromatic carbocycles. The smallest absolute Gasteiger partial charge is 0.227 e. The fourth-order valence-electron chi connectivity index (χ4n) is 0.946. The Bertz CT molecular complexity index is 308. The molecule has 1 aromatic heterocycles. The normalized spacial score (nSPS) is 9.53. The number of carbonyl (C=O) groups is 1. The summed E-state index contributed by atoms with van der Waals surface area (Å²) in [5.74, 6) is 0.00750. The molecule has 0 radical (unpaired) electrons. The first kappa shape index (κ1) is 14.3. The van der Waals surface area contributed by atoms with Crippen LogP contribution in [0.25, 0.3) is 0 Å². The van der Waals surface area contributed by atoms with Gasteiger partial charge in [0.1, 0.15) is 0 Å². The zero-order valence-corrected chi connectivity index (χ0v) is 10.7. The zero-order chi connectivity index (χ0) is 10.6.